The number of hydrogen-bond acceptors (Lipinski definition) is 3. The van der Waals surface area contributed by atoms with Gasteiger partial charge in [0, 0.05) is 18.0 Å². The van der Waals surface area contributed by atoms with Crippen LogP contribution in [0.3, 0.4) is 0 Å². The number of benzene rings is 2. The maximum absolute atomic E-state index is 5.34. The summed E-state index contributed by atoms with van der Waals surface area (Å²) in [4.78, 5) is 7.49. The van der Waals surface area contributed by atoms with Gasteiger partial charge < -0.3 is 14.5 Å². The normalized spacial score (nSPS) is 10.4. The molecular formula is C17H16N2O2. The van der Waals surface area contributed by atoms with E-state index in [0.717, 1.165) is 34.0 Å². The molecule has 106 valence electrons. The Morgan fingerprint density at radius 1 is 0.905 bits per heavy atom. The number of aromatic nitrogens is 2. The summed E-state index contributed by atoms with van der Waals surface area (Å²) in [6, 6.07) is 13.9. The van der Waals surface area contributed by atoms with Gasteiger partial charge in [0.1, 0.15) is 17.3 Å². The van der Waals surface area contributed by atoms with E-state index >= 15 is 0 Å². The Morgan fingerprint density at radius 2 is 1.71 bits per heavy atom. The molecule has 3 rings (SSSR count). The van der Waals surface area contributed by atoms with E-state index in [0.29, 0.717) is 0 Å². The smallest absolute Gasteiger partial charge is 0.137 e. The quantitative estimate of drug-likeness (QED) is 0.791. The van der Waals surface area contributed by atoms with Gasteiger partial charge >= 0.3 is 0 Å². The lowest BCUT2D eigenvalue weighted by molar-refractivity contribution is 0.414. The number of rotatable bonds is 4. The first kappa shape index (κ1) is 13.2. The highest BCUT2D eigenvalue weighted by molar-refractivity contribution is 5.82. The van der Waals surface area contributed by atoms with Crippen LogP contribution < -0.4 is 9.47 Å². The number of H-pyrrole nitrogens is 1. The van der Waals surface area contributed by atoms with Gasteiger partial charge in [-0.25, -0.2) is 4.98 Å². The summed E-state index contributed by atoms with van der Waals surface area (Å²) in [5, 5.41) is 0. The first-order valence-corrected chi connectivity index (χ1v) is 6.64. The summed E-state index contributed by atoms with van der Waals surface area (Å²) in [5.74, 6) is 2.46. The third-order valence-corrected chi connectivity index (χ3v) is 3.36. The van der Waals surface area contributed by atoms with Gasteiger partial charge in [0.05, 0.1) is 14.2 Å². The van der Waals surface area contributed by atoms with Gasteiger partial charge in [-0.15, -0.1) is 0 Å². The molecule has 0 spiro atoms. The molecule has 0 atom stereocenters. The largest absolute Gasteiger partial charge is 0.497 e. The number of aromatic amines is 1. The number of nitrogens with zero attached hydrogens (tertiary/aromatic N) is 1. The molecule has 0 aliphatic carbocycles. The zero-order valence-corrected chi connectivity index (χ0v) is 12.0. The molecule has 0 saturated carbocycles. The SMILES string of the molecule is COc1cccc(-c2cc(OC)ccc2-c2ncc[nH]2)c1. The zero-order valence-electron chi connectivity index (χ0n) is 12.0. The van der Waals surface area contributed by atoms with E-state index < -0.39 is 0 Å². The lowest BCUT2D eigenvalue weighted by Gasteiger charge is -2.11. The summed E-state index contributed by atoms with van der Waals surface area (Å²) >= 11 is 0. The van der Waals surface area contributed by atoms with Crippen LogP contribution >= 0.6 is 0 Å². The van der Waals surface area contributed by atoms with Gasteiger partial charge in [0.2, 0.25) is 0 Å². The lowest BCUT2D eigenvalue weighted by Crippen LogP contribution is -1.91. The summed E-state index contributed by atoms with van der Waals surface area (Å²) in [7, 11) is 3.33. The van der Waals surface area contributed by atoms with Crippen LogP contribution in [0.15, 0.2) is 54.9 Å². The number of imidazole rings is 1. The van der Waals surface area contributed by atoms with E-state index in [9.17, 15) is 0 Å². The molecular weight excluding hydrogens is 264 g/mol. The van der Waals surface area contributed by atoms with Gasteiger partial charge in [-0.1, -0.05) is 12.1 Å². The number of ether oxygens (including phenoxy) is 2. The third-order valence-electron chi connectivity index (χ3n) is 3.36. The van der Waals surface area contributed by atoms with Crippen molar-refractivity contribution in [1.29, 1.82) is 0 Å². The Morgan fingerprint density at radius 3 is 2.43 bits per heavy atom. The number of hydrogen-bond donors (Lipinski definition) is 1. The molecule has 2 aromatic carbocycles. The fourth-order valence-corrected chi connectivity index (χ4v) is 2.30. The second-order valence-corrected chi connectivity index (χ2v) is 4.58. The van der Waals surface area contributed by atoms with Crippen molar-refractivity contribution in [2.24, 2.45) is 0 Å². The van der Waals surface area contributed by atoms with E-state index in [2.05, 4.69) is 9.97 Å². The summed E-state index contributed by atoms with van der Waals surface area (Å²) in [6.07, 6.45) is 3.56. The van der Waals surface area contributed by atoms with Gasteiger partial charge in [0.15, 0.2) is 0 Å². The molecule has 0 saturated heterocycles. The first-order chi connectivity index (χ1) is 10.3. The molecule has 0 bridgehead atoms. The highest BCUT2D eigenvalue weighted by atomic mass is 16.5. The third kappa shape index (κ3) is 2.60. The van der Waals surface area contributed by atoms with E-state index in [4.69, 9.17) is 9.47 Å². The van der Waals surface area contributed by atoms with Crippen molar-refractivity contribution in [3.8, 4) is 34.0 Å². The van der Waals surface area contributed by atoms with Crippen molar-refractivity contribution >= 4 is 0 Å². The maximum atomic E-state index is 5.34. The molecule has 0 unspecified atom stereocenters. The average Bonchev–Trinajstić information content (AvgIpc) is 3.08. The lowest BCUT2D eigenvalue weighted by atomic mass is 9.98. The molecule has 4 nitrogen and oxygen atoms in total. The monoisotopic (exact) mass is 280 g/mol. The van der Waals surface area contributed by atoms with Crippen LogP contribution in [0.25, 0.3) is 22.5 Å². The van der Waals surface area contributed by atoms with E-state index in [-0.39, 0.29) is 0 Å². The van der Waals surface area contributed by atoms with Crippen molar-refractivity contribution in [2.45, 2.75) is 0 Å². The van der Waals surface area contributed by atoms with Crippen LogP contribution in [0.2, 0.25) is 0 Å². The zero-order chi connectivity index (χ0) is 14.7. The maximum Gasteiger partial charge on any atom is 0.137 e. The fraction of sp³-hybridized carbons (Fsp3) is 0.118. The van der Waals surface area contributed by atoms with Gasteiger partial charge in [-0.2, -0.15) is 0 Å². The molecule has 0 amide bonds. The van der Waals surface area contributed by atoms with Crippen molar-refractivity contribution in [1.82, 2.24) is 9.97 Å². The summed E-state index contributed by atoms with van der Waals surface area (Å²) in [6.45, 7) is 0. The van der Waals surface area contributed by atoms with Crippen LogP contribution in [0.4, 0.5) is 0 Å². The average molecular weight is 280 g/mol. The Labute approximate surface area is 123 Å². The van der Waals surface area contributed by atoms with Crippen molar-refractivity contribution in [3.63, 3.8) is 0 Å². The molecule has 0 aliphatic rings. The second-order valence-electron chi connectivity index (χ2n) is 4.58. The highest BCUT2D eigenvalue weighted by Gasteiger charge is 2.11. The van der Waals surface area contributed by atoms with Crippen molar-refractivity contribution < 1.29 is 9.47 Å². The minimum atomic E-state index is 0.808. The van der Waals surface area contributed by atoms with Gasteiger partial charge in [0.25, 0.3) is 0 Å². The minimum absolute atomic E-state index is 0.808. The molecule has 1 N–H and O–H groups in total. The predicted molar refractivity (Wildman–Crippen MR) is 82.6 cm³/mol. The molecule has 0 radical (unpaired) electrons. The Bertz CT molecular complexity index is 736. The standard InChI is InChI=1S/C17H16N2O2/c1-20-13-5-3-4-12(10-13)16-11-14(21-2)6-7-15(16)17-18-8-9-19-17/h3-11H,1-2H3,(H,18,19). The van der Waals surface area contributed by atoms with E-state index in [1.165, 1.54) is 0 Å². The number of nitrogens with one attached hydrogen (secondary N) is 1. The molecule has 0 aliphatic heterocycles. The van der Waals surface area contributed by atoms with Gasteiger partial charge in [-0.3, -0.25) is 0 Å². The van der Waals surface area contributed by atoms with Crippen LogP contribution in [0, 0.1) is 0 Å². The van der Waals surface area contributed by atoms with Gasteiger partial charge in [-0.05, 0) is 41.5 Å². The molecule has 21 heavy (non-hydrogen) atoms. The Hall–Kier alpha value is -2.75. The molecule has 3 aromatic rings. The predicted octanol–water partition coefficient (Wildman–Crippen LogP) is 3.76. The highest BCUT2D eigenvalue weighted by Crippen LogP contribution is 2.34. The van der Waals surface area contributed by atoms with Crippen molar-refractivity contribution in [2.75, 3.05) is 14.2 Å². The van der Waals surface area contributed by atoms with Crippen LogP contribution in [0.1, 0.15) is 0 Å². The molecule has 0 fully saturated rings. The van der Waals surface area contributed by atoms with Crippen molar-refractivity contribution in [3.05, 3.63) is 54.9 Å². The summed E-state index contributed by atoms with van der Waals surface area (Å²) in [5.41, 5.74) is 3.12. The topological polar surface area (TPSA) is 47.1 Å². The fourth-order valence-electron chi connectivity index (χ4n) is 2.30. The summed E-state index contributed by atoms with van der Waals surface area (Å²) < 4.78 is 10.7. The Balaban J connectivity index is 2.18. The molecule has 4 heteroatoms. The van der Waals surface area contributed by atoms with Crippen LogP contribution in [-0.4, -0.2) is 24.2 Å². The molecule has 1 aromatic heterocycles. The molecule has 1 heterocycles. The second kappa shape index (κ2) is 5.71. The Kier molecular flexibility index (Phi) is 3.60. The number of methoxy groups -OCH3 is 2. The van der Waals surface area contributed by atoms with E-state index in [1.807, 2.05) is 48.7 Å². The minimum Gasteiger partial charge on any atom is -0.497 e. The first-order valence-electron chi connectivity index (χ1n) is 6.64. The van der Waals surface area contributed by atoms with Crippen LogP contribution in [0.5, 0.6) is 11.5 Å². The van der Waals surface area contributed by atoms with Crippen LogP contribution in [-0.2, 0) is 0 Å². The van der Waals surface area contributed by atoms with E-state index in [1.54, 1.807) is 20.4 Å².